The third kappa shape index (κ3) is 1.98. The second-order valence-corrected chi connectivity index (χ2v) is 4.55. The van der Waals surface area contributed by atoms with Crippen molar-refractivity contribution in [1.82, 2.24) is 9.88 Å². The Hall–Kier alpha value is -2.53. The third-order valence-electron chi connectivity index (χ3n) is 3.27. The van der Waals surface area contributed by atoms with Crippen molar-refractivity contribution in [1.29, 1.82) is 0 Å². The van der Waals surface area contributed by atoms with E-state index in [2.05, 4.69) is 4.98 Å². The molecule has 0 fully saturated rings. The van der Waals surface area contributed by atoms with Gasteiger partial charge in [0.15, 0.2) is 0 Å². The first kappa shape index (κ1) is 12.5. The number of aliphatic hydroxyl groups excluding tert-OH is 1. The van der Waals surface area contributed by atoms with Crippen LogP contribution in [0.3, 0.4) is 0 Å². The zero-order valence-corrected chi connectivity index (χ0v) is 10.6. The maximum Gasteiger partial charge on any atom is 0.280 e. The van der Waals surface area contributed by atoms with E-state index < -0.39 is 17.9 Å². The van der Waals surface area contributed by atoms with Crippen LogP contribution in [0.4, 0.5) is 0 Å². The number of hydrogen-bond acceptors (Lipinski definition) is 4. The van der Waals surface area contributed by atoms with Crippen LogP contribution in [0.1, 0.15) is 32.5 Å². The molecule has 2 aromatic rings. The number of rotatable bonds is 3. The third-order valence-corrected chi connectivity index (χ3v) is 3.27. The Kier molecular flexibility index (Phi) is 3.04. The average molecular weight is 268 g/mol. The zero-order valence-electron chi connectivity index (χ0n) is 10.6. The minimum atomic E-state index is -0.904. The number of imide groups is 1. The Balaban J connectivity index is 1.84. The molecule has 5 nitrogen and oxygen atoms in total. The summed E-state index contributed by atoms with van der Waals surface area (Å²) in [4.78, 5) is 29.2. The molecule has 5 heteroatoms. The number of nitrogens with zero attached hydrogens (tertiary/aromatic N) is 2. The Morgan fingerprint density at radius 1 is 1.05 bits per heavy atom. The Bertz CT molecular complexity index is 635. The molecular weight excluding hydrogens is 256 g/mol. The van der Waals surface area contributed by atoms with Crippen molar-refractivity contribution in [2.24, 2.45) is 0 Å². The van der Waals surface area contributed by atoms with Crippen LogP contribution in [0.5, 0.6) is 0 Å². The van der Waals surface area contributed by atoms with Crippen molar-refractivity contribution >= 4 is 11.8 Å². The lowest BCUT2D eigenvalue weighted by molar-refractivity contribution is 0.0541. The van der Waals surface area contributed by atoms with Crippen molar-refractivity contribution in [3.63, 3.8) is 0 Å². The summed E-state index contributed by atoms with van der Waals surface area (Å²) in [5.74, 6) is -0.867. The van der Waals surface area contributed by atoms with E-state index in [4.69, 9.17) is 0 Å². The summed E-state index contributed by atoms with van der Waals surface area (Å²) >= 11 is 0. The van der Waals surface area contributed by atoms with Gasteiger partial charge in [0, 0.05) is 6.20 Å². The van der Waals surface area contributed by atoms with Crippen molar-refractivity contribution < 1.29 is 14.7 Å². The van der Waals surface area contributed by atoms with E-state index >= 15 is 0 Å². The molecule has 2 amide bonds. The lowest BCUT2D eigenvalue weighted by atomic mass is 10.1. The molecule has 0 aliphatic carbocycles. The highest BCUT2D eigenvalue weighted by Gasteiger charge is 2.37. The van der Waals surface area contributed by atoms with E-state index in [9.17, 15) is 14.7 Å². The van der Waals surface area contributed by atoms with Gasteiger partial charge in [-0.25, -0.2) is 0 Å². The predicted molar refractivity (Wildman–Crippen MR) is 71.0 cm³/mol. The molecule has 0 spiro atoms. The molecule has 1 aromatic heterocycles. The molecule has 3 rings (SSSR count). The van der Waals surface area contributed by atoms with Gasteiger partial charge in [-0.3, -0.25) is 19.5 Å². The monoisotopic (exact) mass is 268 g/mol. The van der Waals surface area contributed by atoms with Crippen molar-refractivity contribution in [2.75, 3.05) is 6.54 Å². The molecule has 0 saturated heterocycles. The summed E-state index contributed by atoms with van der Waals surface area (Å²) in [5.41, 5.74) is 1.10. The van der Waals surface area contributed by atoms with Crippen molar-refractivity contribution in [3.05, 3.63) is 65.5 Å². The first-order valence-electron chi connectivity index (χ1n) is 6.22. The van der Waals surface area contributed by atoms with E-state index in [0.717, 1.165) is 4.90 Å². The highest BCUT2D eigenvalue weighted by atomic mass is 16.3. The molecule has 2 heterocycles. The summed E-state index contributed by atoms with van der Waals surface area (Å²) < 4.78 is 0. The summed E-state index contributed by atoms with van der Waals surface area (Å²) in [6.07, 6.45) is 0.569. The standard InChI is InChI=1S/C15H12N2O3/c18-12(10-5-2-1-3-6-10)9-17-14(19)11-7-4-8-16-13(11)15(17)20/h1-8,12,18H,9H2. The average Bonchev–Trinajstić information content (AvgIpc) is 2.74. The maximum atomic E-state index is 12.1. The molecule has 0 bridgehead atoms. The van der Waals surface area contributed by atoms with Crippen LogP contribution in [0.15, 0.2) is 48.7 Å². The van der Waals surface area contributed by atoms with Crippen LogP contribution in [0.25, 0.3) is 0 Å². The van der Waals surface area contributed by atoms with Gasteiger partial charge in [0.2, 0.25) is 0 Å². The Morgan fingerprint density at radius 3 is 2.50 bits per heavy atom. The number of β-amino-alcohol motifs (C(OH)–C–C–N with tert-alkyl or cyclic N) is 1. The lowest BCUT2D eigenvalue weighted by Crippen LogP contribution is -2.34. The number of carbonyl (C=O) groups excluding carboxylic acids is 2. The maximum absolute atomic E-state index is 12.1. The fourth-order valence-corrected chi connectivity index (χ4v) is 2.23. The fourth-order valence-electron chi connectivity index (χ4n) is 2.23. The summed E-state index contributed by atoms with van der Waals surface area (Å²) in [7, 11) is 0. The molecule has 0 radical (unpaired) electrons. The van der Waals surface area contributed by atoms with Gasteiger partial charge in [0.05, 0.1) is 18.2 Å². The van der Waals surface area contributed by atoms with Crippen LogP contribution in [0.2, 0.25) is 0 Å². The number of pyridine rings is 1. The van der Waals surface area contributed by atoms with Gasteiger partial charge in [-0.05, 0) is 17.7 Å². The van der Waals surface area contributed by atoms with E-state index in [1.165, 1.54) is 6.20 Å². The molecule has 1 aliphatic heterocycles. The van der Waals surface area contributed by atoms with Crippen molar-refractivity contribution in [2.45, 2.75) is 6.10 Å². The fraction of sp³-hybridized carbons (Fsp3) is 0.133. The molecule has 100 valence electrons. The number of aromatic nitrogens is 1. The predicted octanol–water partition coefficient (Wildman–Crippen LogP) is 1.41. The van der Waals surface area contributed by atoms with Crippen LogP contribution in [0, 0.1) is 0 Å². The Morgan fingerprint density at radius 2 is 1.80 bits per heavy atom. The lowest BCUT2D eigenvalue weighted by Gasteiger charge is -2.18. The quantitative estimate of drug-likeness (QED) is 0.854. The second-order valence-electron chi connectivity index (χ2n) is 4.55. The molecule has 0 saturated carbocycles. The molecule has 1 atom stereocenters. The number of benzene rings is 1. The van der Waals surface area contributed by atoms with Gasteiger partial charge in [0.1, 0.15) is 5.69 Å². The van der Waals surface area contributed by atoms with Crippen LogP contribution < -0.4 is 0 Å². The molecule has 1 aliphatic rings. The number of hydrogen-bond donors (Lipinski definition) is 1. The second kappa shape index (κ2) is 4.86. The van der Waals surface area contributed by atoms with E-state index in [0.29, 0.717) is 5.56 Å². The first-order valence-corrected chi connectivity index (χ1v) is 6.22. The van der Waals surface area contributed by atoms with Crippen LogP contribution >= 0.6 is 0 Å². The van der Waals surface area contributed by atoms with Gasteiger partial charge in [-0.2, -0.15) is 0 Å². The zero-order chi connectivity index (χ0) is 14.1. The molecular formula is C15H12N2O3. The number of aliphatic hydroxyl groups is 1. The van der Waals surface area contributed by atoms with E-state index in [1.807, 2.05) is 6.07 Å². The number of fused-ring (bicyclic) bond motifs is 1. The van der Waals surface area contributed by atoms with Gasteiger partial charge in [0.25, 0.3) is 11.8 Å². The van der Waals surface area contributed by atoms with Crippen molar-refractivity contribution in [3.8, 4) is 0 Å². The minimum absolute atomic E-state index is 0.0714. The number of amides is 2. The van der Waals surface area contributed by atoms with Crippen LogP contribution in [-0.4, -0.2) is 33.3 Å². The minimum Gasteiger partial charge on any atom is -0.387 e. The van der Waals surface area contributed by atoms with Crippen LogP contribution in [-0.2, 0) is 0 Å². The van der Waals surface area contributed by atoms with Gasteiger partial charge in [-0.15, -0.1) is 0 Å². The Labute approximate surface area is 115 Å². The summed E-state index contributed by atoms with van der Waals surface area (Å²) in [6.45, 7) is -0.0714. The smallest absolute Gasteiger partial charge is 0.280 e. The molecule has 1 N–H and O–H groups in total. The normalized spacial score (nSPS) is 15.3. The van der Waals surface area contributed by atoms with E-state index in [-0.39, 0.29) is 17.8 Å². The largest absolute Gasteiger partial charge is 0.387 e. The highest BCUT2D eigenvalue weighted by Crippen LogP contribution is 2.23. The first-order chi connectivity index (χ1) is 9.68. The number of carbonyl (C=O) groups is 2. The molecule has 20 heavy (non-hydrogen) atoms. The topological polar surface area (TPSA) is 70.5 Å². The van der Waals surface area contributed by atoms with E-state index in [1.54, 1.807) is 36.4 Å². The summed E-state index contributed by atoms with van der Waals surface area (Å²) in [6, 6.07) is 12.1. The molecule has 1 unspecified atom stereocenters. The van der Waals surface area contributed by atoms with Gasteiger partial charge in [-0.1, -0.05) is 30.3 Å². The van der Waals surface area contributed by atoms with Gasteiger partial charge < -0.3 is 5.11 Å². The summed E-state index contributed by atoms with van der Waals surface area (Å²) in [5, 5.41) is 10.1. The highest BCUT2D eigenvalue weighted by molar-refractivity contribution is 6.20. The molecule has 1 aromatic carbocycles. The van der Waals surface area contributed by atoms with Gasteiger partial charge >= 0.3 is 0 Å². The SMILES string of the molecule is O=C1c2cccnc2C(=O)N1CC(O)c1ccccc1.